The Morgan fingerprint density at radius 1 is 0.675 bits per heavy atom. The zero-order valence-electron chi connectivity index (χ0n) is 21.2. The Morgan fingerprint density at radius 3 is 2.08 bits per heavy atom. The maximum Gasteiger partial charge on any atom is 0.0687 e. The van der Waals surface area contributed by atoms with Crippen molar-refractivity contribution in [3.05, 3.63) is 138 Å². The number of allylic oxidation sites excluding steroid dienone is 5. The standard InChI is InChI=1S/C34H20N6/c1-3-23(6-9-25(4-1)39-31-5-2-15-35-19-27(31)28-20-36-16-12-32(28)39)24-7-10-26(11-8-24)40-33-13-17-37-21-29(33)30-22-38-18-14-34(30)40/h1,4-22H. The van der Waals surface area contributed by atoms with Crippen molar-refractivity contribution in [2.75, 3.05) is 0 Å². The lowest BCUT2D eigenvalue weighted by Crippen LogP contribution is -1.98. The van der Waals surface area contributed by atoms with E-state index in [1.165, 1.54) is 0 Å². The average Bonchev–Trinajstić information content (AvgIpc) is 3.22. The monoisotopic (exact) mass is 512 g/mol. The zero-order chi connectivity index (χ0) is 26.5. The van der Waals surface area contributed by atoms with Crippen LogP contribution in [-0.4, -0.2) is 30.3 Å². The number of hydrogen-bond donors (Lipinski definition) is 0. The molecule has 5 aromatic heterocycles. The maximum absolute atomic E-state index is 4.35. The summed E-state index contributed by atoms with van der Waals surface area (Å²) in [5.41, 5.74) is 16.2. The highest BCUT2D eigenvalue weighted by Crippen LogP contribution is 2.33. The smallest absolute Gasteiger partial charge is 0.0687 e. The van der Waals surface area contributed by atoms with Crippen molar-refractivity contribution in [1.29, 1.82) is 0 Å². The molecule has 6 nitrogen and oxygen atoms in total. The molecule has 6 heterocycles. The van der Waals surface area contributed by atoms with Crippen molar-refractivity contribution in [3.8, 4) is 5.69 Å². The molecule has 0 amide bonds. The van der Waals surface area contributed by atoms with Crippen molar-refractivity contribution in [1.82, 2.24) is 24.1 Å². The lowest BCUT2D eigenvalue weighted by molar-refractivity contribution is 1.15. The Bertz CT molecular complexity index is 2170. The number of fused-ring (bicyclic) bond motifs is 6. The summed E-state index contributed by atoms with van der Waals surface area (Å²) in [4.78, 5) is 17.4. The maximum atomic E-state index is 4.35. The summed E-state index contributed by atoms with van der Waals surface area (Å²) in [6.45, 7) is 0. The van der Waals surface area contributed by atoms with Gasteiger partial charge in [-0.3, -0.25) is 19.9 Å². The van der Waals surface area contributed by atoms with Crippen LogP contribution in [0.4, 0.5) is 0 Å². The third kappa shape index (κ3) is 3.39. The second kappa shape index (κ2) is 8.90. The van der Waals surface area contributed by atoms with E-state index < -0.39 is 0 Å². The molecule has 0 bridgehead atoms. The molecule has 2 aliphatic rings. The SMILES string of the molecule is C1=CN=Cc2c(n(C3=CC=C=C(c4ccc(-n5c6ccncc6c6cnccc65)cc4)C=C3)c3ccncc23)C=1. The second-order valence-electron chi connectivity index (χ2n) is 9.56. The van der Waals surface area contributed by atoms with E-state index in [2.05, 4.69) is 83.0 Å². The van der Waals surface area contributed by atoms with Gasteiger partial charge in [0.05, 0.1) is 28.4 Å². The molecule has 0 saturated heterocycles. The van der Waals surface area contributed by atoms with Crippen LogP contribution in [0.5, 0.6) is 0 Å². The van der Waals surface area contributed by atoms with Crippen molar-refractivity contribution in [2.24, 2.45) is 4.99 Å². The number of benzene rings is 1. The molecule has 8 rings (SSSR count). The molecule has 0 fully saturated rings. The first-order valence-corrected chi connectivity index (χ1v) is 12.9. The first-order valence-electron chi connectivity index (χ1n) is 12.9. The van der Waals surface area contributed by atoms with Gasteiger partial charge in [0, 0.05) is 88.2 Å². The van der Waals surface area contributed by atoms with Gasteiger partial charge in [0.25, 0.3) is 0 Å². The van der Waals surface area contributed by atoms with Crippen molar-refractivity contribution < 1.29 is 0 Å². The van der Waals surface area contributed by atoms with Gasteiger partial charge < -0.3 is 9.13 Å². The highest BCUT2D eigenvalue weighted by atomic mass is 15.0. The number of aromatic nitrogens is 5. The van der Waals surface area contributed by atoms with E-state index in [0.717, 1.165) is 66.5 Å². The van der Waals surface area contributed by atoms with Crippen LogP contribution in [0.2, 0.25) is 0 Å². The molecule has 40 heavy (non-hydrogen) atoms. The minimum atomic E-state index is 1.01. The third-order valence-electron chi connectivity index (χ3n) is 7.40. The molecule has 1 aliphatic carbocycles. The summed E-state index contributed by atoms with van der Waals surface area (Å²) in [6, 6.07) is 14.7. The quantitative estimate of drug-likeness (QED) is 0.237. The number of hydrogen-bond acceptors (Lipinski definition) is 4. The summed E-state index contributed by atoms with van der Waals surface area (Å²) >= 11 is 0. The molecule has 0 unspecified atom stereocenters. The molecule has 186 valence electrons. The van der Waals surface area contributed by atoms with Gasteiger partial charge in [0.15, 0.2) is 0 Å². The normalized spacial score (nSPS) is 14.0. The van der Waals surface area contributed by atoms with Crippen molar-refractivity contribution in [2.45, 2.75) is 0 Å². The Morgan fingerprint density at radius 2 is 1.35 bits per heavy atom. The fraction of sp³-hybridized carbons (Fsp3) is 0. The van der Waals surface area contributed by atoms with E-state index in [9.17, 15) is 0 Å². The van der Waals surface area contributed by atoms with Crippen LogP contribution in [0.15, 0.2) is 127 Å². The Hall–Kier alpha value is -5.80. The molecule has 0 spiro atoms. The van der Waals surface area contributed by atoms with E-state index in [1.54, 1.807) is 6.20 Å². The minimum Gasteiger partial charge on any atom is -0.309 e. The van der Waals surface area contributed by atoms with Crippen LogP contribution in [-0.2, 0) is 0 Å². The van der Waals surface area contributed by atoms with Gasteiger partial charge in [-0.15, -0.1) is 5.73 Å². The van der Waals surface area contributed by atoms with Crippen LogP contribution in [0.25, 0.3) is 55.7 Å². The number of pyridine rings is 3. The average molecular weight is 513 g/mol. The highest BCUT2D eigenvalue weighted by Gasteiger charge is 2.17. The van der Waals surface area contributed by atoms with Gasteiger partial charge in [-0.1, -0.05) is 17.9 Å². The van der Waals surface area contributed by atoms with Crippen LogP contribution >= 0.6 is 0 Å². The topological polar surface area (TPSA) is 60.9 Å². The molecule has 1 aromatic carbocycles. The van der Waals surface area contributed by atoms with Gasteiger partial charge in [0.2, 0.25) is 0 Å². The van der Waals surface area contributed by atoms with E-state index >= 15 is 0 Å². The number of nitrogens with zero attached hydrogens (tertiary/aromatic N) is 6. The molecular weight excluding hydrogens is 492 g/mol. The molecular formula is C34H20N6. The van der Waals surface area contributed by atoms with Crippen molar-refractivity contribution >= 4 is 56.3 Å². The third-order valence-corrected chi connectivity index (χ3v) is 7.40. The molecule has 6 heteroatoms. The van der Waals surface area contributed by atoms with Gasteiger partial charge in [0.1, 0.15) is 0 Å². The zero-order valence-corrected chi connectivity index (χ0v) is 21.2. The van der Waals surface area contributed by atoms with Crippen LogP contribution < -0.4 is 0 Å². The van der Waals surface area contributed by atoms with Crippen LogP contribution in [0.1, 0.15) is 16.8 Å². The molecule has 6 aromatic rings. The fourth-order valence-electron chi connectivity index (χ4n) is 5.60. The Kier molecular flexibility index (Phi) is 4.94. The lowest BCUT2D eigenvalue weighted by atomic mass is 10.1. The summed E-state index contributed by atoms with van der Waals surface area (Å²) < 4.78 is 4.48. The molecule has 1 aliphatic heterocycles. The first-order chi connectivity index (χ1) is 19.9. The van der Waals surface area contributed by atoms with Gasteiger partial charge in [-0.25, -0.2) is 0 Å². The molecule has 0 atom stereocenters. The van der Waals surface area contributed by atoms with Crippen LogP contribution in [0, 0.1) is 0 Å². The Balaban J connectivity index is 1.17. The molecule has 0 radical (unpaired) electrons. The van der Waals surface area contributed by atoms with Crippen molar-refractivity contribution in [3.63, 3.8) is 0 Å². The number of aliphatic imine (C=N–C) groups is 1. The first kappa shape index (κ1) is 22.2. The Labute approximate surface area is 229 Å². The van der Waals surface area contributed by atoms with Gasteiger partial charge in [-0.2, -0.15) is 0 Å². The fourth-order valence-corrected chi connectivity index (χ4v) is 5.60. The van der Waals surface area contributed by atoms with E-state index in [0.29, 0.717) is 0 Å². The molecule has 0 saturated carbocycles. The highest BCUT2D eigenvalue weighted by molar-refractivity contribution is 6.08. The predicted molar refractivity (Wildman–Crippen MR) is 161 cm³/mol. The summed E-state index contributed by atoms with van der Waals surface area (Å²) in [5, 5.41) is 3.24. The largest absolute Gasteiger partial charge is 0.309 e. The second-order valence-corrected chi connectivity index (χ2v) is 9.56. The molecule has 0 N–H and O–H groups in total. The van der Waals surface area contributed by atoms with Gasteiger partial charge >= 0.3 is 0 Å². The van der Waals surface area contributed by atoms with Gasteiger partial charge in [-0.05, 0) is 60.2 Å². The lowest BCUT2D eigenvalue weighted by Gasteiger charge is -2.10. The van der Waals surface area contributed by atoms with E-state index in [4.69, 9.17) is 0 Å². The summed E-state index contributed by atoms with van der Waals surface area (Å²) in [6.07, 6.45) is 25.0. The summed E-state index contributed by atoms with van der Waals surface area (Å²) in [5.74, 6) is 0. The van der Waals surface area contributed by atoms with E-state index in [1.807, 2.05) is 73.7 Å². The summed E-state index contributed by atoms with van der Waals surface area (Å²) in [7, 11) is 0. The number of rotatable bonds is 3. The van der Waals surface area contributed by atoms with E-state index in [-0.39, 0.29) is 0 Å². The minimum absolute atomic E-state index is 1.01. The predicted octanol–water partition coefficient (Wildman–Crippen LogP) is 7.13. The van der Waals surface area contributed by atoms with Crippen LogP contribution in [0.3, 0.4) is 0 Å².